The Balaban J connectivity index is 1.38. The van der Waals surface area contributed by atoms with Crippen molar-refractivity contribution in [2.24, 2.45) is 0 Å². The molecule has 1 saturated heterocycles. The number of hydrogen-bond acceptors (Lipinski definition) is 3. The summed E-state index contributed by atoms with van der Waals surface area (Å²) in [6, 6.07) is 10.5. The van der Waals surface area contributed by atoms with Gasteiger partial charge in [0.25, 0.3) is 0 Å². The van der Waals surface area contributed by atoms with Crippen LogP contribution < -0.4 is 0 Å². The lowest BCUT2D eigenvalue weighted by Gasteiger charge is -2.27. The molecule has 124 valence electrons. The summed E-state index contributed by atoms with van der Waals surface area (Å²) in [6.07, 6.45) is 8.80. The minimum atomic E-state index is 0.335. The van der Waals surface area contributed by atoms with E-state index in [-0.39, 0.29) is 0 Å². The molecule has 2 nitrogen and oxygen atoms in total. The fraction of sp³-hybridized carbons (Fsp3) is 0.526. The number of benzene rings is 1. The van der Waals surface area contributed by atoms with Gasteiger partial charge in [-0.1, -0.05) is 64.4 Å². The van der Waals surface area contributed by atoms with Gasteiger partial charge in [0.1, 0.15) is 0 Å². The predicted molar refractivity (Wildman–Crippen MR) is 103 cm³/mol. The molecule has 0 N–H and O–H groups in total. The molecule has 0 bridgehead atoms. The lowest BCUT2D eigenvalue weighted by atomic mass is 9.99. The molecule has 0 aromatic heterocycles. The molecule has 0 spiro atoms. The SMILES string of the molecule is O=C(CCCCC1CCSS1)N1CC=C(c2ccccc2)CC1. The number of carbonyl (C=O) groups is 1. The van der Waals surface area contributed by atoms with Gasteiger partial charge in [0, 0.05) is 30.5 Å². The molecule has 2 aliphatic heterocycles. The molecule has 1 aromatic rings. The van der Waals surface area contributed by atoms with E-state index < -0.39 is 0 Å². The second-order valence-corrected chi connectivity index (χ2v) is 9.05. The maximum Gasteiger partial charge on any atom is 0.222 e. The highest BCUT2D eigenvalue weighted by Gasteiger charge is 2.19. The summed E-state index contributed by atoms with van der Waals surface area (Å²) in [5.74, 6) is 1.64. The quantitative estimate of drug-likeness (QED) is 0.532. The highest BCUT2D eigenvalue weighted by atomic mass is 33.1. The Bertz CT molecular complexity index is 538. The highest BCUT2D eigenvalue weighted by Crippen LogP contribution is 2.39. The Morgan fingerprint density at radius 2 is 2.09 bits per heavy atom. The van der Waals surface area contributed by atoms with E-state index in [4.69, 9.17) is 0 Å². The summed E-state index contributed by atoms with van der Waals surface area (Å²) in [7, 11) is 4.04. The fourth-order valence-corrected chi connectivity index (χ4v) is 6.21. The minimum Gasteiger partial charge on any atom is -0.339 e. The highest BCUT2D eigenvalue weighted by molar-refractivity contribution is 8.77. The third-order valence-corrected chi connectivity index (χ3v) is 7.61. The lowest BCUT2D eigenvalue weighted by molar-refractivity contribution is -0.130. The van der Waals surface area contributed by atoms with E-state index in [0.717, 1.165) is 37.6 Å². The Labute approximate surface area is 147 Å². The van der Waals surface area contributed by atoms with E-state index in [1.807, 2.05) is 32.6 Å². The van der Waals surface area contributed by atoms with Crippen LogP contribution in [0.3, 0.4) is 0 Å². The number of amides is 1. The average molecular weight is 348 g/mol. The summed E-state index contributed by atoms with van der Waals surface area (Å²) in [6.45, 7) is 1.65. The van der Waals surface area contributed by atoms with Crippen LogP contribution in [0.25, 0.3) is 5.57 Å². The summed E-state index contributed by atoms with van der Waals surface area (Å²) < 4.78 is 0. The molecule has 4 heteroatoms. The summed E-state index contributed by atoms with van der Waals surface area (Å²) in [5, 5.41) is 0.835. The minimum absolute atomic E-state index is 0.335. The van der Waals surface area contributed by atoms with Crippen molar-refractivity contribution in [3.05, 3.63) is 42.0 Å². The molecular weight excluding hydrogens is 322 g/mol. The van der Waals surface area contributed by atoms with Gasteiger partial charge >= 0.3 is 0 Å². The van der Waals surface area contributed by atoms with Gasteiger partial charge in [-0.2, -0.15) is 0 Å². The smallest absolute Gasteiger partial charge is 0.222 e. The predicted octanol–water partition coefficient (Wildman–Crippen LogP) is 5.02. The molecular formula is C19H25NOS2. The number of unbranched alkanes of at least 4 members (excludes halogenated alkanes) is 1. The van der Waals surface area contributed by atoms with E-state index in [2.05, 4.69) is 30.3 Å². The van der Waals surface area contributed by atoms with Gasteiger partial charge in [-0.05, 0) is 36.8 Å². The molecule has 0 radical (unpaired) electrons. The molecule has 2 heterocycles. The maximum atomic E-state index is 12.3. The van der Waals surface area contributed by atoms with E-state index in [0.29, 0.717) is 5.91 Å². The topological polar surface area (TPSA) is 20.3 Å². The van der Waals surface area contributed by atoms with Crippen LogP contribution in [0, 0.1) is 0 Å². The van der Waals surface area contributed by atoms with Crippen molar-refractivity contribution in [3.63, 3.8) is 0 Å². The zero-order valence-electron chi connectivity index (χ0n) is 13.6. The maximum absolute atomic E-state index is 12.3. The Morgan fingerprint density at radius 1 is 1.22 bits per heavy atom. The van der Waals surface area contributed by atoms with Gasteiger partial charge in [-0.3, -0.25) is 4.79 Å². The van der Waals surface area contributed by atoms with Crippen molar-refractivity contribution in [2.75, 3.05) is 18.8 Å². The monoisotopic (exact) mass is 347 g/mol. The Hall–Kier alpha value is -0.870. The lowest BCUT2D eigenvalue weighted by Crippen LogP contribution is -2.34. The number of hydrogen-bond donors (Lipinski definition) is 0. The van der Waals surface area contributed by atoms with Crippen molar-refractivity contribution in [3.8, 4) is 0 Å². The second-order valence-electron chi connectivity index (χ2n) is 6.26. The zero-order chi connectivity index (χ0) is 15.9. The summed E-state index contributed by atoms with van der Waals surface area (Å²) in [4.78, 5) is 14.3. The van der Waals surface area contributed by atoms with Gasteiger partial charge < -0.3 is 4.90 Å². The van der Waals surface area contributed by atoms with Gasteiger partial charge in [-0.25, -0.2) is 0 Å². The van der Waals surface area contributed by atoms with Gasteiger partial charge in [-0.15, -0.1) is 0 Å². The van der Waals surface area contributed by atoms with Crippen molar-refractivity contribution in [1.29, 1.82) is 0 Å². The van der Waals surface area contributed by atoms with Crippen LogP contribution in [-0.2, 0) is 4.79 Å². The first kappa shape index (κ1) is 17.0. The molecule has 1 fully saturated rings. The van der Waals surface area contributed by atoms with E-state index >= 15 is 0 Å². The van der Waals surface area contributed by atoms with Crippen molar-refractivity contribution < 1.29 is 4.79 Å². The molecule has 1 atom stereocenters. The first-order valence-electron chi connectivity index (χ1n) is 8.63. The molecule has 2 aliphatic rings. The van der Waals surface area contributed by atoms with Crippen LogP contribution in [0.1, 0.15) is 44.1 Å². The van der Waals surface area contributed by atoms with Gasteiger partial charge in [0.15, 0.2) is 0 Å². The van der Waals surface area contributed by atoms with Crippen LogP contribution in [0.5, 0.6) is 0 Å². The third-order valence-electron chi connectivity index (χ3n) is 4.60. The molecule has 1 aromatic carbocycles. The Kier molecular flexibility index (Phi) is 6.52. The Morgan fingerprint density at radius 3 is 2.78 bits per heavy atom. The van der Waals surface area contributed by atoms with Crippen LogP contribution >= 0.6 is 21.6 Å². The summed E-state index contributed by atoms with van der Waals surface area (Å²) in [5.41, 5.74) is 2.68. The number of nitrogens with zero attached hydrogens (tertiary/aromatic N) is 1. The van der Waals surface area contributed by atoms with Crippen LogP contribution in [0.4, 0.5) is 0 Å². The largest absolute Gasteiger partial charge is 0.339 e. The van der Waals surface area contributed by atoms with E-state index in [9.17, 15) is 4.79 Å². The zero-order valence-corrected chi connectivity index (χ0v) is 15.2. The molecule has 0 aliphatic carbocycles. The normalized spacial score (nSPS) is 21.3. The molecule has 0 saturated carbocycles. The van der Waals surface area contributed by atoms with Crippen LogP contribution in [0.15, 0.2) is 36.4 Å². The van der Waals surface area contributed by atoms with Crippen LogP contribution in [-0.4, -0.2) is 34.9 Å². The summed E-state index contributed by atoms with van der Waals surface area (Å²) >= 11 is 0. The number of carbonyl (C=O) groups excluding carboxylic acids is 1. The van der Waals surface area contributed by atoms with Gasteiger partial charge in [0.2, 0.25) is 5.91 Å². The number of rotatable bonds is 6. The molecule has 3 rings (SSSR count). The average Bonchev–Trinajstić information content (AvgIpc) is 3.13. The third kappa shape index (κ3) is 5.05. The fourth-order valence-electron chi connectivity index (χ4n) is 3.18. The first-order chi connectivity index (χ1) is 11.3. The standard InChI is InChI=1S/C19H25NOS2/c21-19(9-5-4-8-18-12-15-22-23-18)20-13-10-17(11-14-20)16-6-2-1-3-7-16/h1-3,6-7,10,18H,4-5,8-9,11-15H2. The van der Waals surface area contributed by atoms with Crippen molar-refractivity contribution >= 4 is 33.1 Å². The first-order valence-corrected chi connectivity index (χ1v) is 11.0. The molecule has 1 amide bonds. The van der Waals surface area contributed by atoms with Crippen LogP contribution in [0.2, 0.25) is 0 Å². The molecule has 1 unspecified atom stereocenters. The molecule has 23 heavy (non-hydrogen) atoms. The van der Waals surface area contributed by atoms with E-state index in [1.165, 1.54) is 36.2 Å². The van der Waals surface area contributed by atoms with E-state index in [1.54, 1.807) is 0 Å². The second kappa shape index (κ2) is 8.84. The van der Waals surface area contributed by atoms with Gasteiger partial charge in [0.05, 0.1) is 0 Å². The van der Waals surface area contributed by atoms with Crippen molar-refractivity contribution in [1.82, 2.24) is 4.90 Å². The van der Waals surface area contributed by atoms with Crippen molar-refractivity contribution in [2.45, 2.75) is 43.8 Å².